The molecular weight excluding hydrogens is 228 g/mol. The fourth-order valence-corrected chi connectivity index (χ4v) is 1.80. The lowest BCUT2D eigenvalue weighted by Gasteiger charge is -2.04. The van der Waals surface area contributed by atoms with Crippen molar-refractivity contribution in [2.75, 3.05) is 0 Å². The van der Waals surface area contributed by atoms with Gasteiger partial charge in [-0.25, -0.2) is 4.79 Å². The maximum Gasteiger partial charge on any atom is 0.337 e. The molecule has 0 saturated carbocycles. The summed E-state index contributed by atoms with van der Waals surface area (Å²) in [5, 5.41) is 8.92. The van der Waals surface area contributed by atoms with Gasteiger partial charge in [-0.15, -0.1) is 0 Å². The van der Waals surface area contributed by atoms with Crippen molar-refractivity contribution in [1.29, 1.82) is 0 Å². The van der Waals surface area contributed by atoms with Gasteiger partial charge in [0.05, 0.1) is 11.3 Å². The maximum absolute atomic E-state index is 10.9. The van der Waals surface area contributed by atoms with Crippen molar-refractivity contribution in [1.82, 2.24) is 9.97 Å². The van der Waals surface area contributed by atoms with Crippen LogP contribution in [0.15, 0.2) is 36.7 Å². The standard InChI is InChI=1S/C14H14N2O2/c1-10-13(14(17)18)7-6-12(16-10)5-4-11-3-2-8-15-9-11/h2-3,6-9H,4-5H2,1H3,(H,17,18). The Morgan fingerprint density at radius 3 is 2.72 bits per heavy atom. The van der Waals surface area contributed by atoms with Crippen LogP contribution in [0.2, 0.25) is 0 Å². The lowest BCUT2D eigenvalue weighted by atomic mass is 10.1. The average molecular weight is 242 g/mol. The van der Waals surface area contributed by atoms with Crippen LogP contribution in [0, 0.1) is 6.92 Å². The van der Waals surface area contributed by atoms with Gasteiger partial charge in [0.1, 0.15) is 0 Å². The topological polar surface area (TPSA) is 63.1 Å². The molecule has 0 fully saturated rings. The van der Waals surface area contributed by atoms with Crippen molar-refractivity contribution in [3.05, 3.63) is 59.2 Å². The predicted molar refractivity (Wildman–Crippen MR) is 67.6 cm³/mol. The fourth-order valence-electron chi connectivity index (χ4n) is 1.80. The minimum Gasteiger partial charge on any atom is -0.478 e. The summed E-state index contributed by atoms with van der Waals surface area (Å²) in [5.41, 5.74) is 2.88. The third kappa shape index (κ3) is 2.91. The molecule has 2 rings (SSSR count). The van der Waals surface area contributed by atoms with Crippen molar-refractivity contribution in [3.8, 4) is 0 Å². The molecule has 4 heteroatoms. The Morgan fingerprint density at radius 2 is 2.11 bits per heavy atom. The molecule has 0 atom stereocenters. The zero-order chi connectivity index (χ0) is 13.0. The molecule has 0 aliphatic rings. The van der Waals surface area contributed by atoms with Gasteiger partial charge in [0.25, 0.3) is 0 Å². The Hall–Kier alpha value is -2.23. The number of hydrogen-bond acceptors (Lipinski definition) is 3. The van der Waals surface area contributed by atoms with Crippen molar-refractivity contribution >= 4 is 5.97 Å². The molecule has 0 amide bonds. The van der Waals surface area contributed by atoms with E-state index in [-0.39, 0.29) is 5.56 Å². The van der Waals surface area contributed by atoms with Gasteiger partial charge in [0, 0.05) is 18.1 Å². The van der Waals surface area contributed by atoms with Gasteiger partial charge in [-0.2, -0.15) is 0 Å². The first-order chi connectivity index (χ1) is 8.66. The molecule has 18 heavy (non-hydrogen) atoms. The van der Waals surface area contributed by atoms with Gasteiger partial charge in [0.2, 0.25) is 0 Å². The number of aryl methyl sites for hydroxylation is 3. The number of carbonyl (C=O) groups is 1. The highest BCUT2D eigenvalue weighted by atomic mass is 16.4. The van der Waals surface area contributed by atoms with E-state index in [9.17, 15) is 4.79 Å². The Kier molecular flexibility index (Phi) is 3.67. The zero-order valence-electron chi connectivity index (χ0n) is 10.1. The van der Waals surface area contributed by atoms with Gasteiger partial charge in [-0.05, 0) is 43.5 Å². The Balaban J connectivity index is 2.07. The first-order valence-electron chi connectivity index (χ1n) is 5.75. The van der Waals surface area contributed by atoms with Gasteiger partial charge >= 0.3 is 5.97 Å². The quantitative estimate of drug-likeness (QED) is 0.893. The van der Waals surface area contributed by atoms with Gasteiger partial charge in [0.15, 0.2) is 0 Å². The largest absolute Gasteiger partial charge is 0.478 e. The van der Waals surface area contributed by atoms with Crippen LogP contribution in [-0.2, 0) is 12.8 Å². The van der Waals surface area contributed by atoms with Gasteiger partial charge < -0.3 is 5.11 Å². The molecule has 0 aromatic carbocycles. The molecule has 2 heterocycles. The molecule has 2 aromatic rings. The van der Waals surface area contributed by atoms with Gasteiger partial charge in [-0.1, -0.05) is 6.07 Å². The SMILES string of the molecule is Cc1nc(CCc2cccnc2)ccc1C(=O)O. The number of carboxylic acid groups (broad SMARTS) is 1. The molecule has 0 radical (unpaired) electrons. The first kappa shape index (κ1) is 12.2. The third-order valence-corrected chi connectivity index (χ3v) is 2.77. The number of aromatic nitrogens is 2. The summed E-state index contributed by atoms with van der Waals surface area (Å²) in [4.78, 5) is 19.2. The van der Waals surface area contributed by atoms with Crippen molar-refractivity contribution in [3.63, 3.8) is 0 Å². The van der Waals surface area contributed by atoms with E-state index >= 15 is 0 Å². The molecular formula is C14H14N2O2. The third-order valence-electron chi connectivity index (χ3n) is 2.77. The molecule has 0 bridgehead atoms. The van der Waals surface area contributed by atoms with Crippen LogP contribution in [-0.4, -0.2) is 21.0 Å². The Bertz CT molecular complexity index is 553. The summed E-state index contributed by atoms with van der Waals surface area (Å²) in [6, 6.07) is 7.31. The normalized spacial score (nSPS) is 10.3. The van der Waals surface area contributed by atoms with Crippen molar-refractivity contribution in [2.45, 2.75) is 19.8 Å². The summed E-state index contributed by atoms with van der Waals surface area (Å²) in [6.45, 7) is 1.72. The van der Waals surface area contributed by atoms with Crippen LogP contribution < -0.4 is 0 Å². The molecule has 4 nitrogen and oxygen atoms in total. The fraction of sp³-hybridized carbons (Fsp3) is 0.214. The summed E-state index contributed by atoms with van der Waals surface area (Å²) < 4.78 is 0. The molecule has 1 N–H and O–H groups in total. The van der Waals surface area contributed by atoms with E-state index in [1.54, 1.807) is 25.3 Å². The predicted octanol–water partition coefficient (Wildman–Crippen LogP) is 2.27. The second kappa shape index (κ2) is 5.40. The smallest absolute Gasteiger partial charge is 0.337 e. The van der Waals surface area contributed by atoms with Crippen LogP contribution in [0.4, 0.5) is 0 Å². The van der Waals surface area contributed by atoms with Crippen LogP contribution in [0.3, 0.4) is 0 Å². The highest BCUT2D eigenvalue weighted by Crippen LogP contribution is 2.09. The Morgan fingerprint density at radius 1 is 1.28 bits per heavy atom. The van der Waals surface area contributed by atoms with Crippen LogP contribution in [0.25, 0.3) is 0 Å². The van der Waals surface area contributed by atoms with E-state index in [0.29, 0.717) is 5.69 Å². The number of pyridine rings is 2. The molecule has 0 aliphatic carbocycles. The minimum atomic E-state index is -0.932. The molecule has 0 saturated heterocycles. The van der Waals surface area contributed by atoms with E-state index in [4.69, 9.17) is 5.11 Å². The van der Waals surface area contributed by atoms with Crippen molar-refractivity contribution in [2.24, 2.45) is 0 Å². The number of carboxylic acids is 1. The van der Waals surface area contributed by atoms with E-state index in [1.807, 2.05) is 18.3 Å². The van der Waals surface area contributed by atoms with E-state index in [1.165, 1.54) is 0 Å². The lowest BCUT2D eigenvalue weighted by Crippen LogP contribution is -2.04. The molecule has 0 unspecified atom stereocenters. The second-order valence-corrected chi connectivity index (χ2v) is 4.10. The number of hydrogen-bond donors (Lipinski definition) is 1. The molecule has 2 aromatic heterocycles. The first-order valence-corrected chi connectivity index (χ1v) is 5.75. The van der Waals surface area contributed by atoms with Crippen LogP contribution in [0.5, 0.6) is 0 Å². The van der Waals surface area contributed by atoms with Crippen molar-refractivity contribution < 1.29 is 9.90 Å². The van der Waals surface area contributed by atoms with Crippen LogP contribution >= 0.6 is 0 Å². The van der Waals surface area contributed by atoms with Crippen LogP contribution in [0.1, 0.15) is 27.3 Å². The molecule has 92 valence electrons. The zero-order valence-corrected chi connectivity index (χ0v) is 10.1. The lowest BCUT2D eigenvalue weighted by molar-refractivity contribution is 0.0695. The Labute approximate surface area is 105 Å². The maximum atomic E-state index is 10.9. The number of nitrogens with zero attached hydrogens (tertiary/aromatic N) is 2. The second-order valence-electron chi connectivity index (χ2n) is 4.10. The molecule has 0 aliphatic heterocycles. The van der Waals surface area contributed by atoms with E-state index in [0.717, 1.165) is 24.1 Å². The monoisotopic (exact) mass is 242 g/mol. The summed E-state index contributed by atoms with van der Waals surface area (Å²) in [5.74, 6) is -0.932. The number of aromatic carboxylic acids is 1. The summed E-state index contributed by atoms with van der Waals surface area (Å²) >= 11 is 0. The van der Waals surface area contributed by atoms with E-state index in [2.05, 4.69) is 9.97 Å². The summed E-state index contributed by atoms with van der Waals surface area (Å²) in [6.07, 6.45) is 5.21. The minimum absolute atomic E-state index is 0.264. The highest BCUT2D eigenvalue weighted by Gasteiger charge is 2.08. The number of rotatable bonds is 4. The van der Waals surface area contributed by atoms with E-state index < -0.39 is 5.97 Å². The van der Waals surface area contributed by atoms with Gasteiger partial charge in [-0.3, -0.25) is 9.97 Å². The molecule has 0 spiro atoms. The highest BCUT2D eigenvalue weighted by molar-refractivity contribution is 5.88. The average Bonchev–Trinajstić information content (AvgIpc) is 2.37. The summed E-state index contributed by atoms with van der Waals surface area (Å²) in [7, 11) is 0.